The van der Waals surface area contributed by atoms with Gasteiger partial charge in [0.2, 0.25) is 0 Å². The molecule has 18 heavy (non-hydrogen) atoms. The van der Waals surface area contributed by atoms with Crippen LogP contribution in [0.25, 0.3) is 0 Å². The number of benzene rings is 1. The number of hydrogen-bond acceptors (Lipinski definition) is 3. The fraction of sp³-hybridized carbons (Fsp3) is 0.462. The summed E-state index contributed by atoms with van der Waals surface area (Å²) >= 11 is 5.84. The van der Waals surface area contributed by atoms with E-state index in [1.54, 1.807) is 6.07 Å². The molecule has 1 rings (SSSR count). The summed E-state index contributed by atoms with van der Waals surface area (Å²) in [5.41, 5.74) is 0.0163. The highest BCUT2D eigenvalue weighted by Crippen LogP contribution is 2.35. The van der Waals surface area contributed by atoms with Gasteiger partial charge in [0.15, 0.2) is 11.5 Å². The van der Waals surface area contributed by atoms with Gasteiger partial charge in [-0.2, -0.15) is 0 Å². The Balaban J connectivity index is 3.09. The van der Waals surface area contributed by atoms with E-state index in [0.29, 0.717) is 23.3 Å². The van der Waals surface area contributed by atoms with Crippen molar-refractivity contribution in [2.24, 2.45) is 5.92 Å². The molecule has 1 aromatic rings. The molecule has 0 saturated carbocycles. The number of carboxylic acid groups (broad SMARTS) is 1. The van der Waals surface area contributed by atoms with Crippen molar-refractivity contribution >= 4 is 17.6 Å². The summed E-state index contributed by atoms with van der Waals surface area (Å²) in [7, 11) is 1.45. The van der Waals surface area contributed by atoms with Crippen LogP contribution in [0.2, 0.25) is 5.02 Å². The highest BCUT2D eigenvalue weighted by molar-refractivity contribution is 6.31. The molecule has 0 aliphatic heterocycles. The van der Waals surface area contributed by atoms with E-state index < -0.39 is 5.97 Å². The molecule has 0 fully saturated rings. The minimum atomic E-state index is -1.09. The second kappa shape index (κ2) is 6.50. The van der Waals surface area contributed by atoms with E-state index in [1.807, 2.05) is 13.8 Å². The molecule has 1 atom stereocenters. The molecule has 0 amide bonds. The van der Waals surface area contributed by atoms with Crippen LogP contribution in [0.15, 0.2) is 12.1 Å². The van der Waals surface area contributed by atoms with Crippen LogP contribution in [-0.4, -0.2) is 24.8 Å². The number of ether oxygens (including phenoxy) is 2. The van der Waals surface area contributed by atoms with Crippen molar-refractivity contribution in [2.45, 2.75) is 20.3 Å². The molecule has 0 aliphatic rings. The fourth-order valence-corrected chi connectivity index (χ4v) is 1.58. The molecule has 0 bridgehead atoms. The summed E-state index contributed by atoms with van der Waals surface area (Å²) in [6.07, 6.45) is 0.957. The van der Waals surface area contributed by atoms with Crippen LogP contribution < -0.4 is 9.47 Å². The van der Waals surface area contributed by atoms with Crippen LogP contribution in [0.5, 0.6) is 11.5 Å². The highest BCUT2D eigenvalue weighted by Gasteiger charge is 2.18. The molecule has 1 unspecified atom stereocenters. The average Bonchev–Trinajstić information content (AvgIpc) is 2.35. The Kier molecular flexibility index (Phi) is 5.28. The zero-order valence-electron chi connectivity index (χ0n) is 10.7. The molecule has 0 radical (unpaired) electrons. The number of methoxy groups -OCH3 is 1. The van der Waals surface area contributed by atoms with Crippen LogP contribution in [0, 0.1) is 5.92 Å². The topological polar surface area (TPSA) is 55.8 Å². The maximum atomic E-state index is 11.2. The summed E-state index contributed by atoms with van der Waals surface area (Å²) in [5, 5.41) is 9.44. The fourth-order valence-electron chi connectivity index (χ4n) is 1.37. The van der Waals surface area contributed by atoms with Gasteiger partial charge in [-0.05, 0) is 12.0 Å². The number of hydrogen-bond donors (Lipinski definition) is 1. The SMILES string of the molecule is CCC(C)COc1c(OC)cc(Cl)cc1C(=O)O. The highest BCUT2D eigenvalue weighted by atomic mass is 35.5. The van der Waals surface area contributed by atoms with Gasteiger partial charge >= 0.3 is 5.97 Å². The first-order chi connectivity index (χ1) is 8.49. The van der Waals surface area contributed by atoms with Gasteiger partial charge in [0.25, 0.3) is 0 Å². The van der Waals surface area contributed by atoms with Crippen LogP contribution in [0.4, 0.5) is 0 Å². The molecule has 1 N–H and O–H groups in total. The van der Waals surface area contributed by atoms with Crippen LogP contribution >= 0.6 is 11.6 Å². The Bertz CT molecular complexity index is 431. The molecule has 1 aromatic carbocycles. The maximum absolute atomic E-state index is 11.2. The van der Waals surface area contributed by atoms with E-state index in [9.17, 15) is 4.79 Å². The minimum Gasteiger partial charge on any atom is -0.493 e. The van der Waals surface area contributed by atoms with E-state index in [-0.39, 0.29) is 11.3 Å². The summed E-state index contributed by atoms with van der Waals surface area (Å²) in [5.74, 6) is -0.181. The van der Waals surface area contributed by atoms with Gasteiger partial charge in [-0.15, -0.1) is 0 Å². The summed E-state index contributed by atoms with van der Waals surface area (Å²) in [4.78, 5) is 11.2. The lowest BCUT2D eigenvalue weighted by Crippen LogP contribution is -2.11. The quantitative estimate of drug-likeness (QED) is 0.861. The Morgan fingerprint density at radius 1 is 1.50 bits per heavy atom. The first-order valence-corrected chi connectivity index (χ1v) is 6.11. The van der Waals surface area contributed by atoms with Crippen LogP contribution in [-0.2, 0) is 0 Å². The molecule has 4 nitrogen and oxygen atoms in total. The number of carbonyl (C=O) groups is 1. The first-order valence-electron chi connectivity index (χ1n) is 5.73. The lowest BCUT2D eigenvalue weighted by atomic mass is 10.1. The zero-order chi connectivity index (χ0) is 13.7. The normalized spacial score (nSPS) is 12.0. The standard InChI is InChI=1S/C13H17ClO4/c1-4-8(2)7-18-12-10(13(15)16)5-9(14)6-11(12)17-3/h5-6,8H,4,7H2,1-3H3,(H,15,16). The number of aromatic carboxylic acids is 1. The molecule has 5 heteroatoms. The smallest absolute Gasteiger partial charge is 0.339 e. The predicted molar refractivity (Wildman–Crippen MR) is 69.9 cm³/mol. The van der Waals surface area contributed by atoms with Crippen molar-refractivity contribution in [3.63, 3.8) is 0 Å². The maximum Gasteiger partial charge on any atom is 0.339 e. The monoisotopic (exact) mass is 272 g/mol. The third kappa shape index (κ3) is 3.53. The molecule has 0 heterocycles. The predicted octanol–water partition coefficient (Wildman–Crippen LogP) is 3.47. The first kappa shape index (κ1) is 14.6. The lowest BCUT2D eigenvalue weighted by Gasteiger charge is -2.16. The third-order valence-electron chi connectivity index (χ3n) is 2.68. The van der Waals surface area contributed by atoms with Crippen molar-refractivity contribution in [2.75, 3.05) is 13.7 Å². The second-order valence-electron chi connectivity index (χ2n) is 4.11. The van der Waals surface area contributed by atoms with Crippen LogP contribution in [0.1, 0.15) is 30.6 Å². The number of halogens is 1. The molecule has 0 aliphatic carbocycles. The van der Waals surface area contributed by atoms with E-state index in [4.69, 9.17) is 26.2 Å². The molecular formula is C13H17ClO4. The molecule has 100 valence electrons. The van der Waals surface area contributed by atoms with Crippen molar-refractivity contribution in [1.82, 2.24) is 0 Å². The number of carboxylic acids is 1. The van der Waals surface area contributed by atoms with Gasteiger partial charge in [-0.1, -0.05) is 31.9 Å². The van der Waals surface area contributed by atoms with Gasteiger partial charge in [0.1, 0.15) is 5.56 Å². The summed E-state index contributed by atoms with van der Waals surface area (Å²) in [6.45, 7) is 4.52. The van der Waals surface area contributed by atoms with E-state index in [2.05, 4.69) is 0 Å². The third-order valence-corrected chi connectivity index (χ3v) is 2.90. The van der Waals surface area contributed by atoms with Gasteiger partial charge in [0, 0.05) is 11.1 Å². The van der Waals surface area contributed by atoms with Gasteiger partial charge in [-0.3, -0.25) is 0 Å². The summed E-state index contributed by atoms with van der Waals surface area (Å²) < 4.78 is 10.7. The largest absolute Gasteiger partial charge is 0.493 e. The van der Waals surface area contributed by atoms with Gasteiger partial charge < -0.3 is 14.6 Å². The van der Waals surface area contributed by atoms with Crippen molar-refractivity contribution in [3.05, 3.63) is 22.7 Å². The van der Waals surface area contributed by atoms with Crippen molar-refractivity contribution in [3.8, 4) is 11.5 Å². The van der Waals surface area contributed by atoms with Crippen LogP contribution in [0.3, 0.4) is 0 Å². The Morgan fingerprint density at radius 3 is 2.67 bits per heavy atom. The average molecular weight is 273 g/mol. The zero-order valence-corrected chi connectivity index (χ0v) is 11.5. The van der Waals surface area contributed by atoms with E-state index in [1.165, 1.54) is 13.2 Å². The molecule has 0 spiro atoms. The Hall–Kier alpha value is -1.42. The molecular weight excluding hydrogens is 256 g/mol. The van der Waals surface area contributed by atoms with Gasteiger partial charge in [0.05, 0.1) is 13.7 Å². The lowest BCUT2D eigenvalue weighted by molar-refractivity contribution is 0.0690. The molecule has 0 aromatic heterocycles. The van der Waals surface area contributed by atoms with E-state index in [0.717, 1.165) is 6.42 Å². The second-order valence-corrected chi connectivity index (χ2v) is 4.55. The minimum absolute atomic E-state index is 0.0163. The molecule has 0 saturated heterocycles. The van der Waals surface area contributed by atoms with Gasteiger partial charge in [-0.25, -0.2) is 4.79 Å². The summed E-state index contributed by atoms with van der Waals surface area (Å²) in [6, 6.07) is 2.90. The number of rotatable bonds is 6. The Morgan fingerprint density at radius 2 is 2.17 bits per heavy atom. The Labute approximate surface area is 111 Å². The van der Waals surface area contributed by atoms with Crippen molar-refractivity contribution < 1.29 is 19.4 Å². The van der Waals surface area contributed by atoms with E-state index >= 15 is 0 Å². The van der Waals surface area contributed by atoms with Crippen molar-refractivity contribution in [1.29, 1.82) is 0 Å².